The number of nitrogens with zero attached hydrogens (tertiary/aromatic N) is 2. The number of halogens is 2. The predicted molar refractivity (Wildman–Crippen MR) is 79.2 cm³/mol. The summed E-state index contributed by atoms with van der Waals surface area (Å²) in [6, 6.07) is 2.79. The van der Waals surface area contributed by atoms with Gasteiger partial charge < -0.3 is 10.0 Å². The van der Waals surface area contributed by atoms with E-state index in [0.29, 0.717) is 0 Å². The van der Waals surface area contributed by atoms with E-state index in [-0.39, 0.29) is 24.4 Å². The summed E-state index contributed by atoms with van der Waals surface area (Å²) in [7, 11) is -0.735. The van der Waals surface area contributed by atoms with Crippen LogP contribution in [-0.2, 0) is 10.0 Å². The first kappa shape index (κ1) is 17.8. The van der Waals surface area contributed by atoms with Gasteiger partial charge in [0, 0.05) is 38.7 Å². The molecule has 0 spiro atoms. The van der Waals surface area contributed by atoms with Gasteiger partial charge in [-0.05, 0) is 18.2 Å². The van der Waals surface area contributed by atoms with Gasteiger partial charge in [0.1, 0.15) is 0 Å². The molecule has 1 aliphatic heterocycles. The molecule has 0 aromatic heterocycles. The SMILES string of the molecule is CN(C)S(=O)(=O)C[C@@H]1CN(C(=O)c2ccc(F)c(F)c2)C[C@@H]1O. The van der Waals surface area contributed by atoms with Crippen molar-refractivity contribution in [1.82, 2.24) is 9.21 Å². The number of carbonyl (C=O) groups is 1. The number of rotatable bonds is 4. The molecule has 1 aliphatic rings. The highest BCUT2D eigenvalue weighted by Gasteiger charge is 2.37. The van der Waals surface area contributed by atoms with E-state index in [1.165, 1.54) is 19.0 Å². The number of hydrogen-bond donors (Lipinski definition) is 1. The van der Waals surface area contributed by atoms with Crippen molar-refractivity contribution in [2.24, 2.45) is 5.92 Å². The van der Waals surface area contributed by atoms with Crippen LogP contribution in [0.5, 0.6) is 0 Å². The molecule has 1 aromatic rings. The molecule has 0 bridgehead atoms. The molecule has 6 nitrogen and oxygen atoms in total. The van der Waals surface area contributed by atoms with Gasteiger partial charge in [-0.1, -0.05) is 0 Å². The van der Waals surface area contributed by atoms with Crippen LogP contribution in [0.25, 0.3) is 0 Å². The minimum atomic E-state index is -3.51. The van der Waals surface area contributed by atoms with Crippen LogP contribution < -0.4 is 0 Å². The van der Waals surface area contributed by atoms with Crippen molar-refractivity contribution in [2.45, 2.75) is 6.10 Å². The zero-order valence-electron chi connectivity index (χ0n) is 12.7. The van der Waals surface area contributed by atoms with Crippen LogP contribution in [0.4, 0.5) is 8.78 Å². The third-order valence-corrected chi connectivity index (χ3v) is 5.80. The number of hydrogen-bond acceptors (Lipinski definition) is 4. The Bertz CT molecular complexity index is 709. The number of aliphatic hydroxyl groups is 1. The van der Waals surface area contributed by atoms with Crippen molar-refractivity contribution < 1.29 is 27.1 Å². The zero-order chi connectivity index (χ0) is 17.4. The fourth-order valence-corrected chi connectivity index (χ4v) is 3.58. The van der Waals surface area contributed by atoms with Crippen LogP contribution in [0.15, 0.2) is 18.2 Å². The molecule has 0 unspecified atom stereocenters. The summed E-state index contributed by atoms with van der Waals surface area (Å²) in [4.78, 5) is 13.5. The first-order valence-electron chi connectivity index (χ1n) is 6.94. The maximum Gasteiger partial charge on any atom is 0.254 e. The Balaban J connectivity index is 2.11. The Morgan fingerprint density at radius 3 is 2.52 bits per heavy atom. The van der Waals surface area contributed by atoms with Gasteiger partial charge >= 0.3 is 0 Å². The summed E-state index contributed by atoms with van der Waals surface area (Å²) in [6.07, 6.45) is -0.987. The maximum absolute atomic E-state index is 13.2. The second-order valence-corrected chi connectivity index (χ2v) is 7.95. The summed E-state index contributed by atoms with van der Waals surface area (Å²) in [5, 5.41) is 9.99. The second-order valence-electron chi connectivity index (χ2n) is 5.73. The van der Waals surface area contributed by atoms with E-state index >= 15 is 0 Å². The summed E-state index contributed by atoms with van der Waals surface area (Å²) < 4.78 is 50.9. The van der Waals surface area contributed by atoms with Crippen molar-refractivity contribution in [3.8, 4) is 0 Å². The molecule has 1 fully saturated rings. The minimum absolute atomic E-state index is 0.0338. The van der Waals surface area contributed by atoms with E-state index in [2.05, 4.69) is 0 Å². The predicted octanol–water partition coefficient (Wildman–Crippen LogP) is 0.289. The zero-order valence-corrected chi connectivity index (χ0v) is 13.6. The first-order chi connectivity index (χ1) is 10.6. The molecule has 2 atom stereocenters. The van der Waals surface area contributed by atoms with Gasteiger partial charge in [0.05, 0.1) is 11.9 Å². The molecule has 1 saturated heterocycles. The van der Waals surface area contributed by atoms with Crippen molar-refractivity contribution in [3.63, 3.8) is 0 Å². The Morgan fingerprint density at radius 1 is 1.30 bits per heavy atom. The molecule has 0 saturated carbocycles. The third kappa shape index (κ3) is 3.85. The lowest BCUT2D eigenvalue weighted by atomic mass is 10.1. The lowest BCUT2D eigenvalue weighted by Crippen LogP contribution is -2.33. The Morgan fingerprint density at radius 2 is 1.96 bits per heavy atom. The minimum Gasteiger partial charge on any atom is -0.391 e. The van der Waals surface area contributed by atoms with Crippen molar-refractivity contribution >= 4 is 15.9 Å². The van der Waals surface area contributed by atoms with Crippen LogP contribution >= 0.6 is 0 Å². The fourth-order valence-electron chi connectivity index (χ4n) is 2.42. The number of sulfonamides is 1. The van der Waals surface area contributed by atoms with E-state index in [1.54, 1.807) is 0 Å². The van der Waals surface area contributed by atoms with Crippen molar-refractivity contribution in [3.05, 3.63) is 35.4 Å². The average molecular weight is 348 g/mol. The molecule has 1 heterocycles. The third-order valence-electron chi connectivity index (χ3n) is 3.84. The summed E-state index contributed by atoms with van der Waals surface area (Å²) >= 11 is 0. The fraction of sp³-hybridized carbons (Fsp3) is 0.500. The van der Waals surface area contributed by atoms with E-state index < -0.39 is 39.6 Å². The number of likely N-dealkylation sites (tertiary alicyclic amines) is 1. The largest absolute Gasteiger partial charge is 0.391 e. The van der Waals surface area contributed by atoms with Gasteiger partial charge in [-0.3, -0.25) is 4.79 Å². The molecule has 2 rings (SSSR count). The smallest absolute Gasteiger partial charge is 0.254 e. The average Bonchev–Trinajstić information content (AvgIpc) is 2.81. The first-order valence-corrected chi connectivity index (χ1v) is 8.55. The summed E-state index contributed by atoms with van der Waals surface area (Å²) in [6.45, 7) is -0.0164. The number of aliphatic hydroxyl groups excluding tert-OH is 1. The standard InChI is InChI=1S/C14H18F2N2O4S/c1-17(2)23(21,22)8-10-6-18(7-13(10)19)14(20)9-3-4-11(15)12(16)5-9/h3-5,10,13,19H,6-8H2,1-2H3/t10-,13-/m0/s1. The van der Waals surface area contributed by atoms with Crippen LogP contribution in [0.1, 0.15) is 10.4 Å². The lowest BCUT2D eigenvalue weighted by molar-refractivity contribution is 0.0764. The Kier molecular flexibility index (Phi) is 5.02. The molecule has 1 N–H and O–H groups in total. The highest BCUT2D eigenvalue weighted by atomic mass is 32.2. The Labute approximate surface area is 133 Å². The molecule has 23 heavy (non-hydrogen) atoms. The lowest BCUT2D eigenvalue weighted by Gasteiger charge is -2.18. The van der Waals surface area contributed by atoms with Crippen LogP contribution in [0.3, 0.4) is 0 Å². The van der Waals surface area contributed by atoms with Crippen LogP contribution in [0, 0.1) is 17.6 Å². The Hall–Kier alpha value is -1.58. The van der Waals surface area contributed by atoms with Gasteiger partial charge in [-0.25, -0.2) is 21.5 Å². The van der Waals surface area contributed by atoms with Gasteiger partial charge in [0.15, 0.2) is 11.6 Å². The summed E-state index contributed by atoms with van der Waals surface area (Å²) in [5.41, 5.74) is -0.0489. The van der Waals surface area contributed by atoms with Gasteiger partial charge in [-0.2, -0.15) is 0 Å². The van der Waals surface area contributed by atoms with E-state index in [1.807, 2.05) is 0 Å². The molecule has 9 heteroatoms. The van der Waals surface area contributed by atoms with Gasteiger partial charge in [0.25, 0.3) is 5.91 Å². The quantitative estimate of drug-likeness (QED) is 0.848. The normalized spacial score (nSPS) is 21.9. The molecular formula is C14H18F2N2O4S. The van der Waals surface area contributed by atoms with Crippen LogP contribution in [-0.4, -0.2) is 67.7 Å². The maximum atomic E-state index is 13.2. The van der Waals surface area contributed by atoms with Crippen molar-refractivity contribution in [2.75, 3.05) is 32.9 Å². The number of benzene rings is 1. The van der Waals surface area contributed by atoms with Crippen molar-refractivity contribution in [1.29, 1.82) is 0 Å². The molecule has 0 aliphatic carbocycles. The highest BCUT2D eigenvalue weighted by molar-refractivity contribution is 7.89. The monoisotopic (exact) mass is 348 g/mol. The topological polar surface area (TPSA) is 77.9 Å². The number of amides is 1. The number of β-amino-alcohol motifs (C(OH)–C–C–N with tert-alkyl or cyclic N) is 1. The molecular weight excluding hydrogens is 330 g/mol. The summed E-state index contributed by atoms with van der Waals surface area (Å²) in [5.74, 6) is -3.69. The van der Waals surface area contributed by atoms with Crippen LogP contribution in [0.2, 0.25) is 0 Å². The van der Waals surface area contributed by atoms with Gasteiger partial charge in [-0.15, -0.1) is 0 Å². The number of carbonyl (C=O) groups excluding carboxylic acids is 1. The molecule has 1 aromatic carbocycles. The van der Waals surface area contributed by atoms with Gasteiger partial charge in [0.2, 0.25) is 10.0 Å². The van der Waals surface area contributed by atoms with E-state index in [9.17, 15) is 27.1 Å². The highest BCUT2D eigenvalue weighted by Crippen LogP contribution is 2.22. The molecule has 0 radical (unpaired) electrons. The van der Waals surface area contributed by atoms with E-state index in [4.69, 9.17) is 0 Å². The molecule has 1 amide bonds. The molecule has 128 valence electrons. The van der Waals surface area contributed by atoms with E-state index in [0.717, 1.165) is 22.5 Å². The second kappa shape index (κ2) is 6.50.